The average molecular weight is 328 g/mol. The first-order valence-electron chi connectivity index (χ1n) is 9.33. The molecule has 4 heterocycles. The summed E-state index contributed by atoms with van der Waals surface area (Å²) in [6.45, 7) is 4.99. The molecule has 0 N–H and O–H groups in total. The first kappa shape index (κ1) is 16.0. The van der Waals surface area contributed by atoms with Gasteiger partial charge in [0, 0.05) is 18.8 Å². The Morgan fingerprint density at radius 3 is 2.75 bits per heavy atom. The largest absolute Gasteiger partial charge is 0.335 e. The topological polar surface area (TPSA) is 39.7 Å². The number of pyridine rings is 1. The van der Waals surface area contributed by atoms with E-state index in [4.69, 9.17) is 0 Å². The van der Waals surface area contributed by atoms with Gasteiger partial charge in [0.2, 0.25) is 5.91 Å². The summed E-state index contributed by atoms with van der Waals surface area (Å²) in [5.41, 5.74) is 0.997. The van der Waals surface area contributed by atoms with Crippen molar-refractivity contribution >= 4 is 5.91 Å². The summed E-state index contributed by atoms with van der Waals surface area (Å²) in [6, 6.07) is 6.65. The van der Waals surface area contributed by atoms with Crippen LogP contribution in [-0.2, 0) is 11.3 Å². The highest BCUT2D eigenvalue weighted by Gasteiger charge is 2.43. The molecule has 0 aliphatic carbocycles. The van der Waals surface area contributed by atoms with Crippen LogP contribution in [0.4, 0.5) is 0 Å². The lowest BCUT2D eigenvalue weighted by Gasteiger charge is -2.50. The van der Waals surface area contributed by atoms with Gasteiger partial charge in [-0.3, -0.25) is 14.7 Å². The zero-order valence-corrected chi connectivity index (χ0v) is 14.6. The maximum Gasteiger partial charge on any atom is 0.240 e. The van der Waals surface area contributed by atoms with Gasteiger partial charge in [0.15, 0.2) is 0 Å². The first-order valence-corrected chi connectivity index (χ1v) is 9.33. The van der Waals surface area contributed by atoms with E-state index in [-0.39, 0.29) is 6.04 Å². The van der Waals surface area contributed by atoms with Crippen molar-refractivity contribution in [3.8, 4) is 0 Å². The smallest absolute Gasteiger partial charge is 0.240 e. The number of rotatable bonds is 3. The van der Waals surface area contributed by atoms with Gasteiger partial charge in [0.25, 0.3) is 0 Å². The number of fused-ring (bicyclic) bond motifs is 2. The van der Waals surface area contributed by atoms with E-state index >= 15 is 0 Å². The molecular weight excluding hydrogens is 300 g/mol. The summed E-state index contributed by atoms with van der Waals surface area (Å²) >= 11 is 0. The minimum atomic E-state index is 0.106. The number of piperidine rings is 3. The van der Waals surface area contributed by atoms with Gasteiger partial charge in [0.05, 0.1) is 18.3 Å². The Labute approximate surface area is 144 Å². The Morgan fingerprint density at radius 2 is 2.00 bits per heavy atom. The van der Waals surface area contributed by atoms with Crippen LogP contribution >= 0.6 is 0 Å². The molecule has 0 spiro atoms. The zero-order chi connectivity index (χ0) is 16.5. The Hall–Kier alpha value is -1.46. The summed E-state index contributed by atoms with van der Waals surface area (Å²) in [4.78, 5) is 24.5. The van der Waals surface area contributed by atoms with E-state index in [1.807, 2.05) is 24.4 Å². The summed E-state index contributed by atoms with van der Waals surface area (Å²) in [5.74, 6) is 0.995. The minimum Gasteiger partial charge on any atom is -0.335 e. The van der Waals surface area contributed by atoms with Crippen LogP contribution in [-0.4, -0.2) is 70.9 Å². The fraction of sp³-hybridized carbons (Fsp3) is 0.684. The van der Waals surface area contributed by atoms with E-state index in [0.29, 0.717) is 24.4 Å². The highest BCUT2D eigenvalue weighted by molar-refractivity contribution is 5.83. The van der Waals surface area contributed by atoms with Crippen LogP contribution in [0.3, 0.4) is 0 Å². The normalized spacial score (nSPS) is 29.9. The third kappa shape index (κ3) is 3.20. The van der Waals surface area contributed by atoms with Crippen molar-refractivity contribution in [2.45, 2.75) is 44.3 Å². The van der Waals surface area contributed by atoms with Gasteiger partial charge < -0.3 is 9.80 Å². The summed E-state index contributed by atoms with van der Waals surface area (Å²) in [6.07, 6.45) is 6.50. The molecule has 1 aromatic heterocycles. The van der Waals surface area contributed by atoms with E-state index < -0.39 is 0 Å². The number of aromatic nitrogens is 1. The van der Waals surface area contributed by atoms with Crippen LogP contribution < -0.4 is 0 Å². The van der Waals surface area contributed by atoms with E-state index in [9.17, 15) is 4.79 Å². The number of carbonyl (C=O) groups is 1. The third-order valence-electron chi connectivity index (χ3n) is 6.06. The highest BCUT2D eigenvalue weighted by Crippen LogP contribution is 2.33. The predicted molar refractivity (Wildman–Crippen MR) is 93.4 cm³/mol. The average Bonchev–Trinajstić information content (AvgIpc) is 2.61. The number of carbonyl (C=O) groups excluding carboxylic acids is 1. The van der Waals surface area contributed by atoms with Crippen molar-refractivity contribution in [1.82, 2.24) is 19.7 Å². The van der Waals surface area contributed by atoms with Crippen LogP contribution in [0.5, 0.6) is 0 Å². The maximum atomic E-state index is 13.1. The molecule has 0 unspecified atom stereocenters. The van der Waals surface area contributed by atoms with Gasteiger partial charge in [-0.05, 0) is 70.4 Å². The van der Waals surface area contributed by atoms with E-state index in [1.165, 1.54) is 19.3 Å². The van der Waals surface area contributed by atoms with Crippen molar-refractivity contribution in [2.75, 3.05) is 33.2 Å². The lowest BCUT2D eigenvalue weighted by atomic mass is 9.84. The number of hydrogen-bond acceptors (Lipinski definition) is 4. The molecule has 1 amide bonds. The number of nitrogens with zero attached hydrogens (tertiary/aromatic N) is 4. The summed E-state index contributed by atoms with van der Waals surface area (Å²) in [7, 11) is 2.20. The fourth-order valence-electron chi connectivity index (χ4n) is 4.67. The molecule has 4 rings (SSSR count). The molecule has 24 heavy (non-hydrogen) atoms. The molecule has 5 heteroatoms. The van der Waals surface area contributed by atoms with Gasteiger partial charge in [-0.25, -0.2) is 0 Å². The monoisotopic (exact) mass is 328 g/mol. The SMILES string of the molecule is CN1CCC(N2CC[C@H]3C[C@@H]2C(=O)N(Cc2ccccn2)C3)CC1. The predicted octanol–water partition coefficient (Wildman–Crippen LogP) is 1.60. The van der Waals surface area contributed by atoms with E-state index in [1.54, 1.807) is 0 Å². The Balaban J connectivity index is 1.46. The summed E-state index contributed by atoms with van der Waals surface area (Å²) in [5, 5.41) is 0. The molecule has 2 bridgehead atoms. The van der Waals surface area contributed by atoms with E-state index in [2.05, 4.69) is 26.7 Å². The molecule has 3 aliphatic heterocycles. The Kier molecular flexibility index (Phi) is 4.55. The van der Waals surface area contributed by atoms with Crippen LogP contribution in [0.2, 0.25) is 0 Å². The first-order chi connectivity index (χ1) is 11.7. The van der Waals surface area contributed by atoms with Crippen molar-refractivity contribution in [3.05, 3.63) is 30.1 Å². The quantitative estimate of drug-likeness (QED) is 0.845. The number of amides is 1. The number of likely N-dealkylation sites (tertiary alicyclic amines) is 3. The molecule has 0 aromatic carbocycles. The van der Waals surface area contributed by atoms with Crippen molar-refractivity contribution < 1.29 is 4.79 Å². The molecule has 1 aromatic rings. The fourth-order valence-corrected chi connectivity index (χ4v) is 4.67. The summed E-state index contributed by atoms with van der Waals surface area (Å²) < 4.78 is 0. The molecule has 5 nitrogen and oxygen atoms in total. The van der Waals surface area contributed by atoms with Gasteiger partial charge in [-0.1, -0.05) is 6.07 Å². The van der Waals surface area contributed by atoms with Crippen molar-refractivity contribution in [3.63, 3.8) is 0 Å². The zero-order valence-electron chi connectivity index (χ0n) is 14.6. The molecule has 3 aliphatic rings. The minimum absolute atomic E-state index is 0.106. The van der Waals surface area contributed by atoms with Gasteiger partial charge in [-0.2, -0.15) is 0 Å². The molecule has 3 saturated heterocycles. The van der Waals surface area contributed by atoms with E-state index in [0.717, 1.165) is 38.3 Å². The lowest BCUT2D eigenvalue weighted by Crippen LogP contribution is -2.61. The molecule has 0 radical (unpaired) electrons. The lowest BCUT2D eigenvalue weighted by molar-refractivity contribution is -0.148. The second-order valence-electron chi connectivity index (χ2n) is 7.72. The third-order valence-corrected chi connectivity index (χ3v) is 6.06. The molecule has 2 atom stereocenters. The molecule has 0 saturated carbocycles. The van der Waals surface area contributed by atoms with Gasteiger partial charge >= 0.3 is 0 Å². The molecular formula is C19H28N4O. The number of hydrogen-bond donors (Lipinski definition) is 0. The maximum absolute atomic E-state index is 13.1. The van der Waals surface area contributed by atoms with Crippen molar-refractivity contribution in [1.29, 1.82) is 0 Å². The highest BCUT2D eigenvalue weighted by atomic mass is 16.2. The van der Waals surface area contributed by atoms with Crippen LogP contribution in [0.25, 0.3) is 0 Å². The Bertz CT molecular complexity index is 570. The standard InChI is InChI=1S/C19H28N4O/c1-21-9-6-17(7-10-21)23-11-5-15-12-18(23)19(24)22(13-15)14-16-4-2-3-8-20-16/h2-4,8,15,17-18H,5-7,9-14H2,1H3/t15-,18+/m0/s1. The Morgan fingerprint density at radius 1 is 1.17 bits per heavy atom. The molecule has 3 fully saturated rings. The van der Waals surface area contributed by atoms with Crippen LogP contribution in [0.1, 0.15) is 31.4 Å². The molecule has 130 valence electrons. The van der Waals surface area contributed by atoms with Crippen LogP contribution in [0.15, 0.2) is 24.4 Å². The van der Waals surface area contributed by atoms with Gasteiger partial charge in [0.1, 0.15) is 0 Å². The van der Waals surface area contributed by atoms with Crippen LogP contribution in [0, 0.1) is 5.92 Å². The van der Waals surface area contributed by atoms with Crippen molar-refractivity contribution in [2.24, 2.45) is 5.92 Å². The van der Waals surface area contributed by atoms with Gasteiger partial charge in [-0.15, -0.1) is 0 Å². The second-order valence-corrected chi connectivity index (χ2v) is 7.72. The second kappa shape index (κ2) is 6.81.